The highest BCUT2D eigenvalue weighted by atomic mass is 16.3. The van der Waals surface area contributed by atoms with Gasteiger partial charge in [0.05, 0.1) is 6.20 Å². The van der Waals surface area contributed by atoms with Crippen LogP contribution in [0, 0.1) is 0 Å². The predicted octanol–water partition coefficient (Wildman–Crippen LogP) is 1.33. The van der Waals surface area contributed by atoms with E-state index in [-0.39, 0.29) is 18.0 Å². The van der Waals surface area contributed by atoms with Crippen molar-refractivity contribution in [3.05, 3.63) is 36.9 Å². The zero-order valence-corrected chi connectivity index (χ0v) is 14.6. The molecule has 1 aromatic carbocycles. The summed E-state index contributed by atoms with van der Waals surface area (Å²) >= 11 is 0. The molecular weight excluding hydrogens is 334 g/mol. The molecule has 3 heterocycles. The number of rotatable bonds is 2. The number of oxazole rings is 1. The van der Waals surface area contributed by atoms with Gasteiger partial charge in [0.2, 0.25) is 5.91 Å². The Bertz CT molecular complexity index is 807. The molecule has 0 radical (unpaired) electrons. The Balaban J connectivity index is 1.44. The minimum atomic E-state index is -0.242. The van der Waals surface area contributed by atoms with Crippen molar-refractivity contribution < 1.29 is 14.0 Å². The first-order chi connectivity index (χ1) is 12.6. The van der Waals surface area contributed by atoms with E-state index in [0.717, 1.165) is 25.2 Å². The summed E-state index contributed by atoms with van der Waals surface area (Å²) in [5, 5.41) is 2.92. The van der Waals surface area contributed by atoms with Gasteiger partial charge < -0.3 is 19.5 Å². The van der Waals surface area contributed by atoms with Crippen LogP contribution < -0.4 is 5.32 Å². The number of urea groups is 1. The molecule has 26 heavy (non-hydrogen) atoms. The number of aromatic nitrogens is 1. The van der Waals surface area contributed by atoms with E-state index in [1.165, 1.54) is 6.39 Å². The second-order valence-corrected chi connectivity index (χ2v) is 6.63. The zero-order chi connectivity index (χ0) is 18.1. The Labute approximate surface area is 151 Å². The monoisotopic (exact) mass is 355 g/mol. The molecule has 2 fully saturated rings. The lowest BCUT2D eigenvalue weighted by atomic mass is 10.1. The van der Waals surface area contributed by atoms with Gasteiger partial charge in [0, 0.05) is 51.0 Å². The fourth-order valence-corrected chi connectivity index (χ4v) is 3.46. The minimum Gasteiger partial charge on any atom is -0.444 e. The summed E-state index contributed by atoms with van der Waals surface area (Å²) in [4.78, 5) is 34.6. The number of hydrogen-bond acceptors (Lipinski definition) is 5. The third-order valence-corrected chi connectivity index (χ3v) is 4.99. The van der Waals surface area contributed by atoms with Gasteiger partial charge >= 0.3 is 6.03 Å². The number of fused-ring (bicyclic) bond motifs is 1. The Morgan fingerprint density at radius 2 is 2.12 bits per heavy atom. The Morgan fingerprint density at radius 1 is 1.27 bits per heavy atom. The van der Waals surface area contributed by atoms with E-state index in [4.69, 9.17) is 4.42 Å². The summed E-state index contributed by atoms with van der Waals surface area (Å²) in [5.74, 6) is 0.728. The fourth-order valence-electron chi connectivity index (χ4n) is 3.46. The van der Waals surface area contributed by atoms with Crippen LogP contribution >= 0.6 is 0 Å². The summed E-state index contributed by atoms with van der Waals surface area (Å²) in [6.07, 6.45) is 3.00. The first-order valence-electron chi connectivity index (χ1n) is 8.66. The number of amides is 3. The summed E-state index contributed by atoms with van der Waals surface area (Å²) in [7, 11) is 1.81. The third kappa shape index (κ3) is 3.15. The molecule has 2 saturated heterocycles. The van der Waals surface area contributed by atoms with Crippen molar-refractivity contribution in [2.45, 2.75) is 6.04 Å². The van der Waals surface area contributed by atoms with Gasteiger partial charge in [-0.15, -0.1) is 0 Å². The van der Waals surface area contributed by atoms with Crippen molar-refractivity contribution in [2.75, 3.05) is 45.1 Å². The molecule has 1 N–H and O–H groups in total. The van der Waals surface area contributed by atoms with Gasteiger partial charge in [-0.3, -0.25) is 9.69 Å². The molecule has 8 nitrogen and oxygen atoms in total. The summed E-state index contributed by atoms with van der Waals surface area (Å²) in [6.45, 7) is 3.35. The van der Waals surface area contributed by atoms with Crippen LogP contribution in [0.3, 0.4) is 0 Å². The van der Waals surface area contributed by atoms with Crippen LogP contribution in [-0.4, -0.2) is 77.4 Å². The minimum absolute atomic E-state index is 0.0843. The lowest BCUT2D eigenvalue weighted by molar-refractivity contribution is -0.142. The average molecular weight is 355 g/mol. The predicted molar refractivity (Wildman–Crippen MR) is 95.5 cm³/mol. The van der Waals surface area contributed by atoms with Crippen molar-refractivity contribution in [1.82, 2.24) is 19.7 Å². The van der Waals surface area contributed by atoms with Crippen molar-refractivity contribution >= 4 is 17.6 Å². The van der Waals surface area contributed by atoms with Crippen molar-refractivity contribution in [2.24, 2.45) is 0 Å². The first kappa shape index (κ1) is 16.6. The zero-order valence-electron chi connectivity index (χ0n) is 14.6. The molecule has 1 aromatic heterocycles. The van der Waals surface area contributed by atoms with Crippen LogP contribution in [0.4, 0.5) is 10.5 Å². The maximum Gasteiger partial charge on any atom is 0.321 e. The molecule has 0 aliphatic carbocycles. The SMILES string of the molecule is CN1CCN2CCN(C(=O)Nc3cccc(-c4cnco4)c3)C[C@@H]2C1=O. The Kier molecular flexibility index (Phi) is 4.34. The van der Waals surface area contributed by atoms with Gasteiger partial charge in [0.1, 0.15) is 6.04 Å². The van der Waals surface area contributed by atoms with Gasteiger partial charge in [-0.2, -0.15) is 0 Å². The highest BCUT2D eigenvalue weighted by Crippen LogP contribution is 2.23. The van der Waals surface area contributed by atoms with E-state index in [2.05, 4.69) is 15.2 Å². The molecule has 0 saturated carbocycles. The number of carbonyl (C=O) groups is 2. The van der Waals surface area contributed by atoms with Gasteiger partial charge in [-0.25, -0.2) is 9.78 Å². The Hall–Kier alpha value is -2.87. The van der Waals surface area contributed by atoms with E-state index in [1.54, 1.807) is 16.0 Å². The molecule has 8 heteroatoms. The van der Waals surface area contributed by atoms with Crippen LogP contribution in [0.5, 0.6) is 0 Å². The first-order valence-corrected chi connectivity index (χ1v) is 8.66. The second kappa shape index (κ2) is 6.80. The summed E-state index contributed by atoms with van der Waals surface area (Å²) < 4.78 is 5.30. The quantitative estimate of drug-likeness (QED) is 0.879. The molecular formula is C18H21N5O3. The van der Waals surface area contributed by atoms with Crippen molar-refractivity contribution in [1.29, 1.82) is 0 Å². The van der Waals surface area contributed by atoms with Gasteiger partial charge in [0.25, 0.3) is 0 Å². The van der Waals surface area contributed by atoms with E-state index in [0.29, 0.717) is 24.5 Å². The van der Waals surface area contributed by atoms with Crippen LogP contribution in [0.15, 0.2) is 41.3 Å². The maximum absolute atomic E-state index is 12.7. The normalized spacial score (nSPS) is 20.8. The fraction of sp³-hybridized carbons (Fsp3) is 0.389. The van der Waals surface area contributed by atoms with Gasteiger partial charge in [-0.1, -0.05) is 12.1 Å². The molecule has 136 valence electrons. The lowest BCUT2D eigenvalue weighted by Gasteiger charge is -2.45. The smallest absolute Gasteiger partial charge is 0.321 e. The summed E-state index contributed by atoms with van der Waals surface area (Å²) in [5.41, 5.74) is 1.52. The highest BCUT2D eigenvalue weighted by Gasteiger charge is 2.38. The lowest BCUT2D eigenvalue weighted by Crippen LogP contribution is -2.65. The van der Waals surface area contributed by atoms with Gasteiger partial charge in [-0.05, 0) is 12.1 Å². The average Bonchev–Trinajstić information content (AvgIpc) is 3.20. The van der Waals surface area contributed by atoms with E-state index in [1.807, 2.05) is 31.3 Å². The number of anilines is 1. The number of nitrogens with zero attached hydrogens (tertiary/aromatic N) is 4. The maximum atomic E-state index is 12.7. The molecule has 2 aliphatic rings. The third-order valence-electron chi connectivity index (χ3n) is 4.99. The number of hydrogen-bond donors (Lipinski definition) is 1. The van der Waals surface area contributed by atoms with Crippen LogP contribution in [0.25, 0.3) is 11.3 Å². The van der Waals surface area contributed by atoms with Crippen molar-refractivity contribution in [3.63, 3.8) is 0 Å². The molecule has 0 spiro atoms. The van der Waals surface area contributed by atoms with Crippen LogP contribution in [0.2, 0.25) is 0 Å². The highest BCUT2D eigenvalue weighted by molar-refractivity contribution is 5.91. The standard InChI is InChI=1S/C18H21N5O3/c1-21-5-6-22-7-8-23(11-15(22)17(21)24)18(25)20-14-4-2-3-13(9-14)16-10-19-12-26-16/h2-4,9-10,12,15H,5-8,11H2,1H3,(H,20,25)/t15-/m1/s1. The van der Waals surface area contributed by atoms with E-state index < -0.39 is 0 Å². The molecule has 0 unspecified atom stereocenters. The van der Waals surface area contributed by atoms with Crippen molar-refractivity contribution in [3.8, 4) is 11.3 Å². The second-order valence-electron chi connectivity index (χ2n) is 6.63. The van der Waals surface area contributed by atoms with E-state index in [9.17, 15) is 9.59 Å². The Morgan fingerprint density at radius 3 is 2.92 bits per heavy atom. The number of nitrogens with one attached hydrogen (secondary N) is 1. The number of piperazine rings is 2. The summed E-state index contributed by atoms with van der Waals surface area (Å²) in [6, 6.07) is 6.98. The van der Waals surface area contributed by atoms with Crippen LogP contribution in [-0.2, 0) is 4.79 Å². The molecule has 2 aromatic rings. The topological polar surface area (TPSA) is 81.9 Å². The number of benzene rings is 1. The molecule has 1 atom stereocenters. The molecule has 4 rings (SSSR count). The molecule has 2 aliphatic heterocycles. The van der Waals surface area contributed by atoms with E-state index >= 15 is 0 Å². The van der Waals surface area contributed by atoms with Gasteiger partial charge in [0.15, 0.2) is 12.2 Å². The molecule has 3 amide bonds. The number of carbonyl (C=O) groups excluding carboxylic acids is 2. The molecule has 0 bridgehead atoms. The van der Waals surface area contributed by atoms with Crippen LogP contribution in [0.1, 0.15) is 0 Å². The number of likely N-dealkylation sites (N-methyl/N-ethyl adjacent to an activating group) is 1. The largest absolute Gasteiger partial charge is 0.444 e.